The van der Waals surface area contributed by atoms with Gasteiger partial charge in [0, 0.05) is 29.9 Å². The van der Waals surface area contributed by atoms with Crippen molar-refractivity contribution in [2.75, 3.05) is 18.0 Å². The van der Waals surface area contributed by atoms with Crippen LogP contribution in [0, 0.1) is 11.7 Å². The third kappa shape index (κ3) is 5.42. The maximum Gasteiger partial charge on any atom is 0.223 e. The van der Waals surface area contributed by atoms with Crippen LogP contribution in [-0.4, -0.2) is 35.2 Å². The molecule has 1 amide bonds. The van der Waals surface area contributed by atoms with Gasteiger partial charge in [0.15, 0.2) is 5.82 Å². The van der Waals surface area contributed by atoms with Crippen LogP contribution in [-0.2, 0) is 4.79 Å². The Morgan fingerprint density at radius 2 is 2.07 bits per heavy atom. The molecular weight excluding hydrogens is 363 g/mol. The van der Waals surface area contributed by atoms with Crippen molar-refractivity contribution in [3.05, 3.63) is 42.2 Å². The number of carbonyl (C=O) groups excluding carboxylic acids is 1. The molecule has 3 rings (SSSR count). The molecule has 7 heteroatoms. The minimum absolute atomic E-state index is 0.0750. The SMILES string of the molecule is CCC(C)NC(=O)C1CCN(c2ccc(Sc3cccc(F)c3)nn2)CC1. The van der Waals surface area contributed by atoms with E-state index in [1.165, 1.54) is 23.9 Å². The van der Waals surface area contributed by atoms with Gasteiger partial charge in [0.1, 0.15) is 10.8 Å². The van der Waals surface area contributed by atoms with Crippen LogP contribution in [0.5, 0.6) is 0 Å². The summed E-state index contributed by atoms with van der Waals surface area (Å²) in [7, 11) is 0. The summed E-state index contributed by atoms with van der Waals surface area (Å²) in [4.78, 5) is 15.2. The molecular formula is C20H25FN4OS. The largest absolute Gasteiger partial charge is 0.355 e. The molecule has 1 aromatic carbocycles. The molecule has 1 unspecified atom stereocenters. The number of hydrogen-bond donors (Lipinski definition) is 1. The molecule has 1 atom stereocenters. The van der Waals surface area contributed by atoms with Gasteiger partial charge in [-0.2, -0.15) is 0 Å². The number of nitrogens with zero attached hydrogens (tertiary/aromatic N) is 3. The number of aromatic nitrogens is 2. The highest BCUT2D eigenvalue weighted by Crippen LogP contribution is 2.27. The number of piperidine rings is 1. The lowest BCUT2D eigenvalue weighted by Crippen LogP contribution is -2.43. The summed E-state index contributed by atoms with van der Waals surface area (Å²) in [5.74, 6) is 0.798. The van der Waals surface area contributed by atoms with Crippen LogP contribution in [0.15, 0.2) is 46.3 Å². The lowest BCUT2D eigenvalue weighted by atomic mass is 9.95. The molecule has 144 valence electrons. The normalized spacial score (nSPS) is 16.2. The van der Waals surface area contributed by atoms with E-state index in [9.17, 15) is 9.18 Å². The van der Waals surface area contributed by atoms with Crippen molar-refractivity contribution in [3.63, 3.8) is 0 Å². The second kappa shape index (κ2) is 9.17. The molecule has 0 bridgehead atoms. The first-order chi connectivity index (χ1) is 13.0. The summed E-state index contributed by atoms with van der Waals surface area (Å²) < 4.78 is 13.3. The minimum atomic E-state index is -0.259. The Morgan fingerprint density at radius 1 is 1.30 bits per heavy atom. The van der Waals surface area contributed by atoms with Crippen LogP contribution in [0.1, 0.15) is 33.1 Å². The van der Waals surface area contributed by atoms with E-state index < -0.39 is 0 Å². The van der Waals surface area contributed by atoms with E-state index in [0.29, 0.717) is 0 Å². The van der Waals surface area contributed by atoms with Crippen LogP contribution >= 0.6 is 11.8 Å². The van der Waals surface area contributed by atoms with E-state index in [1.807, 2.05) is 25.1 Å². The van der Waals surface area contributed by atoms with E-state index in [4.69, 9.17) is 0 Å². The Hall–Kier alpha value is -2.15. The van der Waals surface area contributed by atoms with Gasteiger partial charge in [-0.3, -0.25) is 4.79 Å². The first-order valence-corrected chi connectivity index (χ1v) is 10.2. The van der Waals surface area contributed by atoms with Crippen molar-refractivity contribution in [2.24, 2.45) is 5.92 Å². The average molecular weight is 389 g/mol. The van der Waals surface area contributed by atoms with E-state index >= 15 is 0 Å². The zero-order valence-electron chi connectivity index (χ0n) is 15.7. The highest BCUT2D eigenvalue weighted by molar-refractivity contribution is 7.99. The number of amides is 1. The number of halogens is 1. The van der Waals surface area contributed by atoms with Gasteiger partial charge in [-0.1, -0.05) is 24.8 Å². The zero-order chi connectivity index (χ0) is 19.2. The molecule has 1 N–H and O–H groups in total. The number of hydrogen-bond acceptors (Lipinski definition) is 5. The number of rotatable bonds is 6. The highest BCUT2D eigenvalue weighted by atomic mass is 32.2. The summed E-state index contributed by atoms with van der Waals surface area (Å²) in [6, 6.07) is 10.5. The van der Waals surface area contributed by atoms with E-state index in [0.717, 1.165) is 48.1 Å². The van der Waals surface area contributed by atoms with Crippen molar-refractivity contribution >= 4 is 23.5 Å². The smallest absolute Gasteiger partial charge is 0.223 e. The first kappa shape index (κ1) is 19.6. The van der Waals surface area contributed by atoms with Crippen molar-refractivity contribution in [1.29, 1.82) is 0 Å². The van der Waals surface area contributed by atoms with Gasteiger partial charge in [0.25, 0.3) is 0 Å². The second-order valence-electron chi connectivity index (χ2n) is 6.87. The third-order valence-electron chi connectivity index (χ3n) is 4.84. The standard InChI is InChI=1S/C20H25FN4OS/c1-3-14(2)22-20(26)15-9-11-25(12-10-15)18-7-8-19(24-23-18)27-17-6-4-5-16(21)13-17/h4-8,13-15H,3,9-12H2,1-2H3,(H,22,26). The summed E-state index contributed by atoms with van der Waals surface area (Å²) in [6.45, 7) is 5.70. The number of nitrogens with one attached hydrogen (secondary N) is 1. The van der Waals surface area contributed by atoms with Crippen molar-refractivity contribution in [1.82, 2.24) is 15.5 Å². The van der Waals surface area contributed by atoms with Crippen LogP contribution in [0.25, 0.3) is 0 Å². The molecule has 5 nitrogen and oxygen atoms in total. The fraction of sp³-hybridized carbons (Fsp3) is 0.450. The fourth-order valence-electron chi connectivity index (χ4n) is 3.02. The third-order valence-corrected chi connectivity index (χ3v) is 5.75. The molecule has 0 aliphatic carbocycles. The maximum atomic E-state index is 13.3. The molecule has 1 aliphatic heterocycles. The van der Waals surface area contributed by atoms with E-state index in [-0.39, 0.29) is 23.7 Å². The molecule has 1 aliphatic rings. The molecule has 1 aromatic heterocycles. The Morgan fingerprint density at radius 3 is 2.70 bits per heavy atom. The van der Waals surface area contributed by atoms with Gasteiger partial charge in [-0.15, -0.1) is 10.2 Å². The Kier molecular flexibility index (Phi) is 6.66. The Balaban J connectivity index is 1.53. The summed E-state index contributed by atoms with van der Waals surface area (Å²) in [5, 5.41) is 12.4. The van der Waals surface area contributed by atoms with Crippen LogP contribution in [0.2, 0.25) is 0 Å². The number of benzene rings is 1. The maximum absolute atomic E-state index is 13.3. The molecule has 1 saturated heterocycles. The molecule has 0 saturated carbocycles. The van der Waals surface area contributed by atoms with Crippen LogP contribution < -0.4 is 10.2 Å². The Bertz CT molecular complexity index is 763. The van der Waals surface area contributed by atoms with Gasteiger partial charge in [-0.05, 0) is 56.5 Å². The predicted molar refractivity (Wildman–Crippen MR) is 105 cm³/mol. The molecule has 2 aromatic rings. The lowest BCUT2D eigenvalue weighted by Gasteiger charge is -2.32. The van der Waals surface area contributed by atoms with Crippen molar-refractivity contribution in [3.8, 4) is 0 Å². The average Bonchev–Trinajstić information content (AvgIpc) is 2.68. The molecule has 0 spiro atoms. The van der Waals surface area contributed by atoms with Crippen molar-refractivity contribution < 1.29 is 9.18 Å². The summed E-state index contributed by atoms with van der Waals surface area (Å²) >= 11 is 1.38. The molecule has 0 radical (unpaired) electrons. The quantitative estimate of drug-likeness (QED) is 0.813. The van der Waals surface area contributed by atoms with Crippen molar-refractivity contribution in [2.45, 2.75) is 49.1 Å². The summed E-state index contributed by atoms with van der Waals surface area (Å²) in [6.07, 6.45) is 2.59. The molecule has 27 heavy (non-hydrogen) atoms. The van der Waals surface area contributed by atoms with E-state index in [1.54, 1.807) is 6.07 Å². The van der Waals surface area contributed by atoms with Crippen LogP contribution in [0.3, 0.4) is 0 Å². The molecule has 1 fully saturated rings. The van der Waals surface area contributed by atoms with Gasteiger partial charge in [0.05, 0.1) is 0 Å². The minimum Gasteiger partial charge on any atom is -0.355 e. The lowest BCUT2D eigenvalue weighted by molar-refractivity contribution is -0.126. The van der Waals surface area contributed by atoms with Gasteiger partial charge < -0.3 is 10.2 Å². The monoisotopic (exact) mass is 388 g/mol. The van der Waals surface area contributed by atoms with Gasteiger partial charge in [-0.25, -0.2) is 4.39 Å². The zero-order valence-corrected chi connectivity index (χ0v) is 16.5. The topological polar surface area (TPSA) is 58.1 Å². The predicted octanol–water partition coefficient (Wildman–Crippen LogP) is 3.90. The second-order valence-corrected chi connectivity index (χ2v) is 7.96. The van der Waals surface area contributed by atoms with Gasteiger partial charge in [0.2, 0.25) is 5.91 Å². The van der Waals surface area contributed by atoms with Crippen LogP contribution in [0.4, 0.5) is 10.2 Å². The number of carbonyl (C=O) groups is 1. The molecule has 2 heterocycles. The van der Waals surface area contributed by atoms with E-state index in [2.05, 4.69) is 27.3 Å². The fourth-order valence-corrected chi connectivity index (χ4v) is 3.80. The Labute approximate surface area is 163 Å². The number of anilines is 1. The first-order valence-electron chi connectivity index (χ1n) is 9.37. The van der Waals surface area contributed by atoms with Gasteiger partial charge >= 0.3 is 0 Å². The highest BCUT2D eigenvalue weighted by Gasteiger charge is 2.26. The summed E-state index contributed by atoms with van der Waals surface area (Å²) in [5.41, 5.74) is 0.